The molecule has 0 fully saturated rings. The zero-order chi connectivity index (χ0) is 55.3. The van der Waals surface area contributed by atoms with E-state index in [0.29, 0.717) is 33.8 Å². The van der Waals surface area contributed by atoms with Crippen LogP contribution < -0.4 is 9.30 Å². The number of hydrogen-bond acceptors (Lipinski definition) is 2. The van der Waals surface area contributed by atoms with Crippen molar-refractivity contribution in [1.29, 1.82) is 0 Å². The van der Waals surface area contributed by atoms with Gasteiger partial charge in [0.1, 0.15) is 5.82 Å². The summed E-state index contributed by atoms with van der Waals surface area (Å²) in [5.74, 6) is 0.570. The van der Waals surface area contributed by atoms with E-state index in [1.54, 1.807) is 33.5 Å². The number of para-hydroxylation sites is 4. The Morgan fingerprint density at radius 1 is 0.657 bits per heavy atom. The first-order chi connectivity index (χ1) is 36.5. The van der Waals surface area contributed by atoms with E-state index in [4.69, 9.17) is 19.3 Å². The molecule has 0 bridgehead atoms. The van der Waals surface area contributed by atoms with Gasteiger partial charge >= 0.3 is 0 Å². The van der Waals surface area contributed by atoms with Gasteiger partial charge < -0.3 is 13.9 Å². The van der Waals surface area contributed by atoms with Crippen LogP contribution in [0, 0.1) is 18.5 Å². The van der Waals surface area contributed by atoms with Gasteiger partial charge in [-0.05, 0) is 99.2 Å². The molecule has 0 aliphatic rings. The summed E-state index contributed by atoms with van der Waals surface area (Å²) in [6.45, 7) is 17.2. The number of ether oxygens (including phenoxy) is 1. The van der Waals surface area contributed by atoms with Crippen molar-refractivity contribution in [1.82, 2.24) is 14.1 Å². The third-order valence-corrected chi connectivity index (χ3v) is 12.4. The fourth-order valence-corrected chi connectivity index (χ4v) is 8.74. The van der Waals surface area contributed by atoms with Crippen LogP contribution in [0.2, 0.25) is 0 Å². The second-order valence-electron chi connectivity index (χ2n) is 18.7. The number of rotatable bonds is 10. The van der Waals surface area contributed by atoms with Crippen LogP contribution in [0.3, 0.4) is 0 Å². The standard InChI is InChI=1S/C61H56N4O.Pt/c1-9-41(10-2)43-32-33-62-58(36-43)65-54-27-15-14-24-52(54)53-31-30-49(39-57(53)65)66-48-23-18-22-47(38-48)63-40-64(56-29-17-16-28-55(56)63)59-50(42-20-12-11-13-21-42)25-19-26-51(59)44-34-45(60(3,4)5)37-46(35-44)61(6,7)8;/h11-37,41H,9-10H2,1-8H3;/q-2;/i11D,12D,13D,14D,15D,20D,21D,24D,27D,30D,31D;. The van der Waals surface area contributed by atoms with E-state index >= 15 is 0 Å². The molecular weight excluding hydrogens is 1000 g/mol. The molecule has 5 nitrogen and oxygen atoms in total. The van der Waals surface area contributed by atoms with E-state index in [2.05, 4.69) is 92.0 Å². The molecule has 3 aromatic heterocycles. The Morgan fingerprint density at radius 3 is 2.07 bits per heavy atom. The van der Waals surface area contributed by atoms with Gasteiger partial charge in [-0.2, -0.15) is 18.2 Å². The van der Waals surface area contributed by atoms with Crippen molar-refractivity contribution >= 4 is 32.8 Å². The van der Waals surface area contributed by atoms with Crippen LogP contribution in [0.15, 0.2) is 164 Å². The molecule has 0 atom stereocenters. The Kier molecular flexibility index (Phi) is 9.23. The normalized spacial score (nSPS) is 14.3. The van der Waals surface area contributed by atoms with Crippen LogP contribution in [-0.2, 0) is 31.9 Å². The average molecular weight is 1070 g/mol. The Balaban J connectivity index is 0.00000740. The summed E-state index contributed by atoms with van der Waals surface area (Å²) in [4.78, 5) is 4.69. The number of nitrogens with zero attached hydrogens (tertiary/aromatic N) is 4. The number of aromatic nitrogens is 4. The van der Waals surface area contributed by atoms with Crippen molar-refractivity contribution in [3.8, 4) is 50.9 Å². The summed E-state index contributed by atoms with van der Waals surface area (Å²) >= 11 is 0. The number of benzene rings is 7. The summed E-state index contributed by atoms with van der Waals surface area (Å²) in [5.41, 5.74) is 7.38. The molecule has 67 heavy (non-hydrogen) atoms. The second-order valence-corrected chi connectivity index (χ2v) is 18.7. The molecule has 7 aromatic carbocycles. The molecule has 0 amide bonds. The summed E-state index contributed by atoms with van der Waals surface area (Å²) in [6.07, 6.45) is 6.96. The summed E-state index contributed by atoms with van der Waals surface area (Å²) < 4.78 is 110. The van der Waals surface area contributed by atoms with Crippen LogP contribution in [0.1, 0.15) is 106 Å². The number of hydrogen-bond donors (Lipinski definition) is 0. The van der Waals surface area contributed by atoms with Crippen LogP contribution >= 0.6 is 0 Å². The SMILES string of the molecule is [2H]c1c([2H])c([2H])c(-c2cccc(-c3cc(C(C)(C)C)cc(C(C)(C)C)c3)c2-[n+]2[c-]n(-c3[c-]c(Oc4[c-]c5c(c([2H])c4[2H])c4c([2H])c([2H])c([2H])c([2H])c4n5-c4cc(C(CC)CC)ccn4)ccc3)c3ccccc32)c([2H])c1[2H].[Pt]. The summed E-state index contributed by atoms with van der Waals surface area (Å²) in [7, 11) is 0. The predicted octanol–water partition coefficient (Wildman–Crippen LogP) is 15.4. The van der Waals surface area contributed by atoms with Gasteiger partial charge in [0, 0.05) is 45.6 Å². The van der Waals surface area contributed by atoms with Crippen molar-refractivity contribution in [3.63, 3.8) is 0 Å². The molecule has 0 saturated heterocycles. The van der Waals surface area contributed by atoms with Gasteiger partial charge in [0.2, 0.25) is 0 Å². The van der Waals surface area contributed by atoms with Crippen molar-refractivity contribution < 1.29 is 45.4 Å². The van der Waals surface area contributed by atoms with Crippen molar-refractivity contribution in [2.45, 2.75) is 85.0 Å². The molecule has 0 aliphatic heterocycles. The summed E-state index contributed by atoms with van der Waals surface area (Å²) in [5, 5.41) is 0.185. The third-order valence-electron chi connectivity index (χ3n) is 12.4. The zero-order valence-corrected chi connectivity index (χ0v) is 41.0. The van der Waals surface area contributed by atoms with Gasteiger partial charge in [0.15, 0.2) is 0 Å². The van der Waals surface area contributed by atoms with Crippen LogP contribution in [0.5, 0.6) is 11.5 Å². The third kappa shape index (κ3) is 8.67. The van der Waals surface area contributed by atoms with Gasteiger partial charge in [-0.15, -0.1) is 29.6 Å². The molecular formula is C61H56N4OPt-2. The topological polar surface area (TPSA) is 35.9 Å². The summed E-state index contributed by atoms with van der Waals surface area (Å²) in [6, 6.07) is 31.0. The molecule has 0 saturated carbocycles. The first-order valence-electron chi connectivity index (χ1n) is 27.9. The maximum absolute atomic E-state index is 9.42. The van der Waals surface area contributed by atoms with Gasteiger partial charge in [-0.25, -0.2) is 4.98 Å². The van der Waals surface area contributed by atoms with Crippen molar-refractivity contribution in [2.24, 2.45) is 0 Å². The Labute approximate surface area is 425 Å². The minimum Gasteiger partial charge on any atom is -0.510 e. The van der Waals surface area contributed by atoms with E-state index in [1.165, 1.54) is 0 Å². The first kappa shape index (κ1) is 33.8. The van der Waals surface area contributed by atoms with E-state index < -0.39 is 30.2 Å². The second kappa shape index (κ2) is 18.3. The monoisotopic (exact) mass is 1070 g/mol. The van der Waals surface area contributed by atoms with E-state index in [1.807, 2.05) is 59.2 Å². The zero-order valence-electron chi connectivity index (χ0n) is 49.7. The molecule has 0 unspecified atom stereocenters. The van der Waals surface area contributed by atoms with Crippen molar-refractivity contribution in [2.75, 3.05) is 0 Å². The largest absolute Gasteiger partial charge is 0.510 e. The number of fused-ring (bicyclic) bond motifs is 4. The maximum Gasteiger partial charge on any atom is 0.268 e. The minimum atomic E-state index is -0.493. The van der Waals surface area contributed by atoms with Crippen molar-refractivity contribution in [3.05, 3.63) is 199 Å². The fraction of sp³-hybridized carbons (Fsp3) is 0.213. The van der Waals surface area contributed by atoms with Gasteiger partial charge in [0.25, 0.3) is 6.33 Å². The molecule has 6 heteroatoms. The van der Waals surface area contributed by atoms with Gasteiger partial charge in [-0.3, -0.25) is 4.57 Å². The van der Waals surface area contributed by atoms with Crippen LogP contribution in [-0.4, -0.2) is 14.1 Å². The molecule has 10 rings (SSSR count). The maximum atomic E-state index is 9.42. The van der Waals surface area contributed by atoms with Crippen LogP contribution in [0.4, 0.5) is 0 Å². The van der Waals surface area contributed by atoms with E-state index in [-0.39, 0.29) is 113 Å². The van der Waals surface area contributed by atoms with Gasteiger partial charge in [-0.1, -0.05) is 170 Å². The molecule has 0 aliphatic carbocycles. The Bertz CT molecular complexity index is 4000. The quantitative estimate of drug-likeness (QED) is 0.101. The van der Waals surface area contributed by atoms with Gasteiger partial charge in [0.05, 0.1) is 29.1 Å². The Hall–Kier alpha value is -6.55. The number of imidazole rings is 1. The van der Waals surface area contributed by atoms with E-state index in [9.17, 15) is 5.48 Å². The smallest absolute Gasteiger partial charge is 0.268 e. The first-order valence-corrected chi connectivity index (χ1v) is 22.4. The minimum absolute atomic E-state index is 0. The predicted molar refractivity (Wildman–Crippen MR) is 272 cm³/mol. The molecule has 3 heterocycles. The molecule has 0 N–H and O–H groups in total. The average Bonchev–Trinajstić information content (AvgIpc) is 3.99. The molecule has 0 radical (unpaired) electrons. The van der Waals surface area contributed by atoms with E-state index in [0.717, 1.165) is 40.7 Å². The number of pyridine rings is 1. The van der Waals surface area contributed by atoms with Crippen LogP contribution in [0.25, 0.3) is 72.3 Å². The molecule has 0 spiro atoms. The fourth-order valence-electron chi connectivity index (χ4n) is 8.74. The molecule has 338 valence electrons. The molecule has 10 aromatic rings. The Morgan fingerprint density at radius 2 is 1.34 bits per heavy atom.